The van der Waals surface area contributed by atoms with Crippen molar-refractivity contribution in [3.63, 3.8) is 0 Å². The summed E-state index contributed by atoms with van der Waals surface area (Å²) >= 11 is 0. The average Bonchev–Trinajstić information content (AvgIpc) is 2.72. The molecule has 0 N–H and O–H groups in total. The molecular weight excluding hydrogens is 316 g/mol. The van der Waals surface area contributed by atoms with Crippen molar-refractivity contribution < 1.29 is 0 Å². The molecule has 3 rings (SSSR count). The zero-order valence-corrected chi connectivity index (χ0v) is 14.1. The van der Waals surface area contributed by atoms with Crippen LogP contribution in [0.15, 0.2) is 84.9 Å². The minimum atomic E-state index is 0.381. The van der Waals surface area contributed by atoms with Gasteiger partial charge in [0.2, 0.25) is 0 Å². The third-order valence-electron chi connectivity index (χ3n) is 4.02. The Morgan fingerprint density at radius 2 is 1.19 bits per heavy atom. The van der Waals surface area contributed by atoms with Crippen LogP contribution >= 0.6 is 0 Å². The lowest BCUT2D eigenvalue weighted by Gasteiger charge is -2.08. The summed E-state index contributed by atoms with van der Waals surface area (Å²) < 4.78 is 0. The summed E-state index contributed by atoms with van der Waals surface area (Å²) in [7, 11) is 0. The van der Waals surface area contributed by atoms with Gasteiger partial charge in [-0.2, -0.15) is 10.5 Å². The second kappa shape index (κ2) is 8.29. The van der Waals surface area contributed by atoms with Crippen LogP contribution in [-0.2, 0) is 0 Å². The molecule has 0 amide bonds. The van der Waals surface area contributed by atoms with Gasteiger partial charge in [0.05, 0.1) is 11.1 Å². The van der Waals surface area contributed by atoms with Gasteiger partial charge in [0, 0.05) is 5.56 Å². The van der Waals surface area contributed by atoms with Gasteiger partial charge in [-0.25, -0.2) is 0 Å². The van der Waals surface area contributed by atoms with Gasteiger partial charge in [-0.05, 0) is 16.7 Å². The first kappa shape index (κ1) is 17.0. The van der Waals surface area contributed by atoms with E-state index in [0.717, 1.165) is 22.3 Å². The molecule has 0 bridgehead atoms. The number of nitriles is 2. The van der Waals surface area contributed by atoms with E-state index in [4.69, 9.17) is 0 Å². The van der Waals surface area contributed by atoms with E-state index >= 15 is 0 Å². The van der Waals surface area contributed by atoms with Gasteiger partial charge in [0.25, 0.3) is 0 Å². The van der Waals surface area contributed by atoms with Gasteiger partial charge in [0.1, 0.15) is 12.1 Å². The van der Waals surface area contributed by atoms with Crippen LogP contribution in [0.3, 0.4) is 0 Å². The Morgan fingerprint density at radius 3 is 1.85 bits per heavy atom. The van der Waals surface area contributed by atoms with Gasteiger partial charge >= 0.3 is 0 Å². The molecular formula is C24H16N2. The Hall–Kier alpha value is -3.88. The Balaban J connectivity index is 2.11. The normalized spacial score (nSPS) is 11.5. The average molecular weight is 332 g/mol. The van der Waals surface area contributed by atoms with Crippen LogP contribution < -0.4 is 0 Å². The van der Waals surface area contributed by atoms with Crippen LogP contribution in [0.2, 0.25) is 0 Å². The Morgan fingerprint density at radius 1 is 0.615 bits per heavy atom. The van der Waals surface area contributed by atoms with E-state index in [2.05, 4.69) is 12.1 Å². The molecule has 122 valence electrons. The lowest BCUT2D eigenvalue weighted by Crippen LogP contribution is -1.92. The molecule has 2 nitrogen and oxygen atoms in total. The van der Waals surface area contributed by atoms with Crippen LogP contribution in [0.5, 0.6) is 0 Å². The van der Waals surface area contributed by atoms with E-state index in [1.807, 2.05) is 97.1 Å². The molecule has 2 heteroatoms. The zero-order chi connectivity index (χ0) is 18.2. The van der Waals surface area contributed by atoms with Crippen molar-refractivity contribution in [2.24, 2.45) is 0 Å². The number of benzene rings is 3. The molecule has 0 atom stereocenters. The molecule has 0 unspecified atom stereocenters. The molecule has 0 heterocycles. The highest BCUT2D eigenvalue weighted by atomic mass is 14.3. The molecule has 0 fully saturated rings. The van der Waals surface area contributed by atoms with Gasteiger partial charge in [-0.15, -0.1) is 0 Å². The number of rotatable bonds is 4. The number of hydrogen-bond donors (Lipinski definition) is 0. The molecule has 0 radical (unpaired) electrons. The standard InChI is InChI=1S/C24H16N2/c25-17-23(20-11-5-2-6-12-20)24(18-26)22-14-8-7-13-21(22)16-15-19-9-3-1-4-10-19/h1-16H. The highest BCUT2D eigenvalue weighted by molar-refractivity contribution is 6.04. The Kier molecular flexibility index (Phi) is 5.41. The van der Waals surface area contributed by atoms with Gasteiger partial charge in [0.15, 0.2) is 0 Å². The summed E-state index contributed by atoms with van der Waals surface area (Å²) in [5.74, 6) is 0. The molecule has 3 aromatic carbocycles. The Labute approximate surface area is 153 Å². The quantitative estimate of drug-likeness (QED) is 0.447. The van der Waals surface area contributed by atoms with Crippen LogP contribution in [0.25, 0.3) is 23.3 Å². The van der Waals surface area contributed by atoms with E-state index in [9.17, 15) is 10.5 Å². The van der Waals surface area contributed by atoms with Crippen molar-refractivity contribution in [1.82, 2.24) is 0 Å². The van der Waals surface area contributed by atoms with E-state index in [1.165, 1.54) is 0 Å². The maximum atomic E-state index is 9.77. The van der Waals surface area contributed by atoms with Crippen LogP contribution in [-0.4, -0.2) is 0 Å². The van der Waals surface area contributed by atoms with Crippen molar-refractivity contribution in [3.05, 3.63) is 107 Å². The van der Waals surface area contributed by atoms with Crippen molar-refractivity contribution in [2.75, 3.05) is 0 Å². The van der Waals surface area contributed by atoms with Crippen LogP contribution in [0, 0.1) is 22.7 Å². The molecule has 26 heavy (non-hydrogen) atoms. The highest BCUT2D eigenvalue weighted by Crippen LogP contribution is 2.28. The van der Waals surface area contributed by atoms with E-state index in [1.54, 1.807) is 0 Å². The van der Waals surface area contributed by atoms with Gasteiger partial charge in [-0.3, -0.25) is 0 Å². The molecule has 0 saturated heterocycles. The zero-order valence-electron chi connectivity index (χ0n) is 14.1. The number of hydrogen-bond acceptors (Lipinski definition) is 2. The highest BCUT2D eigenvalue weighted by Gasteiger charge is 2.13. The predicted octanol–water partition coefficient (Wildman–Crippen LogP) is 5.81. The minimum Gasteiger partial charge on any atom is -0.192 e. The molecule has 0 aliphatic carbocycles. The smallest absolute Gasteiger partial charge is 0.101 e. The summed E-state index contributed by atoms with van der Waals surface area (Å²) in [5.41, 5.74) is 4.24. The topological polar surface area (TPSA) is 47.6 Å². The maximum Gasteiger partial charge on any atom is 0.101 e. The third kappa shape index (κ3) is 3.78. The Bertz CT molecular complexity index is 1030. The van der Waals surface area contributed by atoms with Crippen LogP contribution in [0.4, 0.5) is 0 Å². The minimum absolute atomic E-state index is 0.381. The second-order valence-electron chi connectivity index (χ2n) is 5.67. The number of allylic oxidation sites excluding steroid dienone is 2. The second-order valence-corrected chi connectivity index (χ2v) is 5.67. The van der Waals surface area contributed by atoms with E-state index in [-0.39, 0.29) is 0 Å². The van der Waals surface area contributed by atoms with E-state index < -0.39 is 0 Å². The lowest BCUT2D eigenvalue weighted by molar-refractivity contribution is 1.49. The first-order valence-electron chi connectivity index (χ1n) is 8.26. The fourth-order valence-corrected chi connectivity index (χ4v) is 2.74. The third-order valence-corrected chi connectivity index (χ3v) is 4.02. The molecule has 3 aromatic rings. The lowest BCUT2D eigenvalue weighted by atomic mass is 9.93. The summed E-state index contributed by atoms with van der Waals surface area (Å²) in [6.45, 7) is 0. The van der Waals surface area contributed by atoms with Crippen molar-refractivity contribution in [3.8, 4) is 12.1 Å². The summed E-state index contributed by atoms with van der Waals surface area (Å²) in [5, 5.41) is 19.4. The summed E-state index contributed by atoms with van der Waals surface area (Å²) in [6.07, 6.45) is 3.98. The van der Waals surface area contributed by atoms with E-state index in [0.29, 0.717) is 11.1 Å². The molecule has 0 saturated carbocycles. The monoisotopic (exact) mass is 332 g/mol. The molecule has 0 aliphatic heterocycles. The summed E-state index contributed by atoms with van der Waals surface area (Å²) in [6, 6.07) is 31.4. The number of nitrogens with zero attached hydrogens (tertiary/aromatic N) is 2. The SMILES string of the molecule is N#CC(=C(C#N)c1ccccc1C=Cc1ccccc1)c1ccccc1. The van der Waals surface area contributed by atoms with Crippen molar-refractivity contribution in [1.29, 1.82) is 10.5 Å². The fourth-order valence-electron chi connectivity index (χ4n) is 2.74. The van der Waals surface area contributed by atoms with Gasteiger partial charge in [-0.1, -0.05) is 97.1 Å². The van der Waals surface area contributed by atoms with Crippen molar-refractivity contribution >= 4 is 23.3 Å². The predicted molar refractivity (Wildman–Crippen MR) is 106 cm³/mol. The van der Waals surface area contributed by atoms with Crippen LogP contribution in [0.1, 0.15) is 22.3 Å². The fraction of sp³-hybridized carbons (Fsp3) is 0. The molecule has 0 aromatic heterocycles. The molecule has 0 spiro atoms. The molecule has 0 aliphatic rings. The first-order valence-corrected chi connectivity index (χ1v) is 8.26. The first-order chi connectivity index (χ1) is 12.8. The summed E-state index contributed by atoms with van der Waals surface area (Å²) in [4.78, 5) is 0. The van der Waals surface area contributed by atoms with Gasteiger partial charge < -0.3 is 0 Å². The maximum absolute atomic E-state index is 9.77. The largest absolute Gasteiger partial charge is 0.192 e. The van der Waals surface area contributed by atoms with Crippen molar-refractivity contribution in [2.45, 2.75) is 0 Å².